The molecule has 1 aliphatic rings. The van der Waals surface area contributed by atoms with Crippen LogP contribution in [0.4, 0.5) is 5.82 Å². The lowest BCUT2D eigenvalue weighted by molar-refractivity contribution is 0.260. The minimum Gasteiger partial charge on any atom is -0.354 e. The third-order valence-electron chi connectivity index (χ3n) is 6.05. The zero-order valence-electron chi connectivity index (χ0n) is 17.5. The van der Waals surface area contributed by atoms with Gasteiger partial charge in [-0.1, -0.05) is 0 Å². The van der Waals surface area contributed by atoms with Crippen LogP contribution in [0.1, 0.15) is 17.1 Å². The van der Waals surface area contributed by atoms with Crippen molar-refractivity contribution in [1.29, 1.82) is 0 Å². The first-order valence-electron chi connectivity index (χ1n) is 10.6. The summed E-state index contributed by atoms with van der Waals surface area (Å²) in [6.45, 7) is 9.19. The van der Waals surface area contributed by atoms with Gasteiger partial charge in [0.15, 0.2) is 0 Å². The number of hydrogen-bond acceptors (Lipinski definition) is 6. The molecule has 6 nitrogen and oxygen atoms in total. The summed E-state index contributed by atoms with van der Waals surface area (Å²) in [6.07, 6.45) is 4.65. The van der Waals surface area contributed by atoms with E-state index in [1.54, 1.807) is 0 Å². The Bertz CT molecular complexity index is 1200. The maximum Gasteiger partial charge on any atom is 0.129 e. The maximum absolute atomic E-state index is 4.87. The third-order valence-corrected chi connectivity index (χ3v) is 6.05. The van der Waals surface area contributed by atoms with Crippen LogP contribution in [-0.2, 0) is 6.42 Å². The molecular formula is C24H26N6. The van der Waals surface area contributed by atoms with Gasteiger partial charge in [0.25, 0.3) is 0 Å². The zero-order chi connectivity index (χ0) is 20.5. The molecular weight excluding hydrogens is 372 g/mol. The molecule has 5 rings (SSSR count). The summed E-state index contributed by atoms with van der Waals surface area (Å²) in [7, 11) is 0. The summed E-state index contributed by atoms with van der Waals surface area (Å²) in [5, 5.41) is 2.28. The van der Waals surface area contributed by atoms with Crippen molar-refractivity contribution < 1.29 is 0 Å². The topological polar surface area (TPSA) is 58.0 Å². The van der Waals surface area contributed by atoms with E-state index in [-0.39, 0.29) is 0 Å². The Hall–Kier alpha value is -3.12. The Morgan fingerprint density at radius 2 is 1.37 bits per heavy atom. The lowest BCUT2D eigenvalue weighted by atomic mass is 10.1. The molecule has 0 atom stereocenters. The van der Waals surface area contributed by atoms with E-state index in [2.05, 4.69) is 44.0 Å². The Kier molecular flexibility index (Phi) is 5.01. The highest BCUT2D eigenvalue weighted by molar-refractivity contribution is 5.82. The highest BCUT2D eigenvalue weighted by Gasteiger charge is 2.18. The van der Waals surface area contributed by atoms with Crippen molar-refractivity contribution in [3.63, 3.8) is 0 Å². The molecule has 0 radical (unpaired) electrons. The fourth-order valence-electron chi connectivity index (χ4n) is 4.21. The predicted molar refractivity (Wildman–Crippen MR) is 121 cm³/mol. The van der Waals surface area contributed by atoms with Crippen LogP contribution in [-0.4, -0.2) is 57.6 Å². The SMILES string of the molecule is Cc1nccc2nc(CCN3CCN(c4ccc5c(C)nccc5n4)CC3)ccc12. The summed E-state index contributed by atoms with van der Waals surface area (Å²) in [5.74, 6) is 1.06. The molecule has 1 saturated heterocycles. The van der Waals surface area contributed by atoms with E-state index in [1.807, 2.05) is 38.4 Å². The van der Waals surface area contributed by atoms with Gasteiger partial charge in [-0.3, -0.25) is 19.9 Å². The third kappa shape index (κ3) is 3.71. The van der Waals surface area contributed by atoms with Crippen molar-refractivity contribution >= 4 is 27.6 Å². The number of hydrogen-bond donors (Lipinski definition) is 0. The molecule has 5 heterocycles. The molecule has 30 heavy (non-hydrogen) atoms. The Balaban J connectivity index is 1.20. The molecule has 0 aliphatic carbocycles. The highest BCUT2D eigenvalue weighted by atomic mass is 15.3. The Morgan fingerprint density at radius 3 is 2.07 bits per heavy atom. The van der Waals surface area contributed by atoms with Gasteiger partial charge in [0.1, 0.15) is 5.82 Å². The molecule has 0 aromatic carbocycles. The normalized spacial score (nSPS) is 15.2. The number of anilines is 1. The van der Waals surface area contributed by atoms with Gasteiger partial charge in [-0.2, -0.15) is 0 Å². The minimum absolute atomic E-state index is 0.970. The van der Waals surface area contributed by atoms with Crippen molar-refractivity contribution in [2.24, 2.45) is 0 Å². The molecule has 6 heteroatoms. The molecule has 0 unspecified atom stereocenters. The molecule has 1 fully saturated rings. The van der Waals surface area contributed by atoms with Gasteiger partial charge in [-0.25, -0.2) is 4.98 Å². The van der Waals surface area contributed by atoms with Crippen LogP contribution in [0.15, 0.2) is 48.8 Å². The molecule has 0 spiro atoms. The van der Waals surface area contributed by atoms with Gasteiger partial charge in [-0.05, 0) is 50.2 Å². The van der Waals surface area contributed by atoms with Gasteiger partial charge in [0.05, 0.1) is 11.0 Å². The van der Waals surface area contributed by atoms with E-state index in [0.29, 0.717) is 0 Å². The molecule has 152 valence electrons. The number of pyridine rings is 4. The number of piperazine rings is 1. The summed E-state index contributed by atoms with van der Waals surface area (Å²) in [4.78, 5) is 23.3. The van der Waals surface area contributed by atoms with Crippen molar-refractivity contribution in [3.8, 4) is 0 Å². The average Bonchev–Trinajstić information content (AvgIpc) is 2.78. The predicted octanol–water partition coefficient (Wildman–Crippen LogP) is 3.55. The summed E-state index contributed by atoms with van der Waals surface area (Å²) < 4.78 is 0. The van der Waals surface area contributed by atoms with Gasteiger partial charge >= 0.3 is 0 Å². The Labute approximate surface area is 176 Å². The van der Waals surface area contributed by atoms with E-state index < -0.39 is 0 Å². The minimum atomic E-state index is 0.970. The van der Waals surface area contributed by atoms with Gasteiger partial charge in [-0.15, -0.1) is 0 Å². The van der Waals surface area contributed by atoms with E-state index in [9.17, 15) is 0 Å². The summed E-state index contributed by atoms with van der Waals surface area (Å²) in [6, 6.07) is 12.6. The van der Waals surface area contributed by atoms with Crippen LogP contribution in [0.2, 0.25) is 0 Å². The van der Waals surface area contributed by atoms with E-state index in [1.165, 1.54) is 0 Å². The molecule has 0 bridgehead atoms. The Morgan fingerprint density at radius 1 is 0.733 bits per heavy atom. The second-order valence-corrected chi connectivity index (χ2v) is 7.98. The first kappa shape index (κ1) is 18.9. The number of nitrogens with zero attached hydrogens (tertiary/aromatic N) is 6. The fraction of sp³-hybridized carbons (Fsp3) is 0.333. The van der Waals surface area contributed by atoms with Crippen LogP contribution in [0, 0.1) is 13.8 Å². The van der Waals surface area contributed by atoms with Crippen molar-refractivity contribution in [1.82, 2.24) is 24.8 Å². The average molecular weight is 399 g/mol. The van der Waals surface area contributed by atoms with Crippen LogP contribution >= 0.6 is 0 Å². The molecule has 0 N–H and O–H groups in total. The quantitative estimate of drug-likeness (QED) is 0.524. The van der Waals surface area contributed by atoms with Crippen LogP contribution in [0.25, 0.3) is 21.8 Å². The molecule has 0 amide bonds. The van der Waals surface area contributed by atoms with Crippen molar-refractivity contribution in [2.75, 3.05) is 37.6 Å². The number of aromatic nitrogens is 4. The zero-order valence-corrected chi connectivity index (χ0v) is 17.5. The number of aryl methyl sites for hydroxylation is 2. The second kappa shape index (κ2) is 7.95. The first-order valence-corrected chi connectivity index (χ1v) is 10.6. The number of fused-ring (bicyclic) bond motifs is 2. The maximum atomic E-state index is 4.87. The molecule has 0 saturated carbocycles. The first-order chi connectivity index (χ1) is 14.7. The van der Waals surface area contributed by atoms with Crippen LogP contribution < -0.4 is 4.90 Å². The van der Waals surface area contributed by atoms with E-state index in [0.717, 1.165) is 83.9 Å². The molecule has 1 aliphatic heterocycles. The summed E-state index contributed by atoms with van der Waals surface area (Å²) >= 11 is 0. The van der Waals surface area contributed by atoms with Crippen LogP contribution in [0.3, 0.4) is 0 Å². The van der Waals surface area contributed by atoms with Crippen LogP contribution in [0.5, 0.6) is 0 Å². The summed E-state index contributed by atoms with van der Waals surface area (Å²) in [5.41, 5.74) is 5.28. The van der Waals surface area contributed by atoms with Gasteiger partial charge in [0.2, 0.25) is 0 Å². The largest absolute Gasteiger partial charge is 0.354 e. The molecule has 4 aromatic rings. The standard InChI is InChI=1S/C24H26N6/c1-17-20-4-3-19(27-22(20)7-10-25-17)9-12-29-13-15-30(16-14-29)24-6-5-21-18(2)26-11-8-23(21)28-24/h3-8,10-11H,9,12-16H2,1-2H3. The second-order valence-electron chi connectivity index (χ2n) is 7.98. The van der Waals surface area contributed by atoms with Crippen molar-refractivity contribution in [2.45, 2.75) is 20.3 Å². The lowest BCUT2D eigenvalue weighted by Gasteiger charge is -2.35. The molecule has 4 aromatic heterocycles. The smallest absolute Gasteiger partial charge is 0.129 e. The monoisotopic (exact) mass is 398 g/mol. The van der Waals surface area contributed by atoms with E-state index in [4.69, 9.17) is 9.97 Å². The number of rotatable bonds is 4. The van der Waals surface area contributed by atoms with Gasteiger partial charge in [0, 0.05) is 79.4 Å². The van der Waals surface area contributed by atoms with E-state index >= 15 is 0 Å². The van der Waals surface area contributed by atoms with Gasteiger partial charge < -0.3 is 4.90 Å². The lowest BCUT2D eigenvalue weighted by Crippen LogP contribution is -2.47. The van der Waals surface area contributed by atoms with Crippen molar-refractivity contribution in [3.05, 3.63) is 65.9 Å². The fourth-order valence-corrected chi connectivity index (χ4v) is 4.21. The highest BCUT2D eigenvalue weighted by Crippen LogP contribution is 2.21.